The lowest BCUT2D eigenvalue weighted by Gasteiger charge is -2.16. The molecule has 1 aromatic carbocycles. The first kappa shape index (κ1) is 15.2. The van der Waals surface area contributed by atoms with Gasteiger partial charge in [-0.2, -0.15) is 11.8 Å². The number of esters is 1. The molecule has 0 aliphatic heterocycles. The molecule has 0 radical (unpaired) electrons. The second kappa shape index (κ2) is 6.50. The third kappa shape index (κ3) is 3.90. The Morgan fingerprint density at radius 2 is 2.20 bits per heavy atom. The molecule has 1 aliphatic rings. The first-order chi connectivity index (χ1) is 9.56. The summed E-state index contributed by atoms with van der Waals surface area (Å²) in [6, 6.07) is 7.37. The molecule has 0 saturated heterocycles. The van der Waals surface area contributed by atoms with Gasteiger partial charge >= 0.3 is 5.97 Å². The van der Waals surface area contributed by atoms with Gasteiger partial charge in [0.25, 0.3) is 0 Å². The lowest BCUT2D eigenvalue weighted by molar-refractivity contribution is -0.141. The van der Waals surface area contributed by atoms with Crippen LogP contribution in [0.3, 0.4) is 0 Å². The van der Waals surface area contributed by atoms with Crippen LogP contribution in [0.1, 0.15) is 30.9 Å². The van der Waals surface area contributed by atoms with Crippen LogP contribution in [0.4, 0.5) is 5.69 Å². The van der Waals surface area contributed by atoms with Crippen molar-refractivity contribution < 1.29 is 14.6 Å². The summed E-state index contributed by atoms with van der Waals surface area (Å²) in [7, 11) is 1.42. The van der Waals surface area contributed by atoms with Gasteiger partial charge in [0.15, 0.2) is 0 Å². The Morgan fingerprint density at radius 3 is 2.80 bits per heavy atom. The highest BCUT2D eigenvalue weighted by atomic mass is 32.2. The average molecular weight is 295 g/mol. The molecule has 110 valence electrons. The molecule has 1 saturated carbocycles. The number of methoxy groups -OCH3 is 1. The van der Waals surface area contributed by atoms with Gasteiger partial charge in [-0.3, -0.25) is 4.79 Å². The molecule has 1 aliphatic carbocycles. The molecular weight excluding hydrogens is 274 g/mol. The molecule has 20 heavy (non-hydrogen) atoms. The van der Waals surface area contributed by atoms with Gasteiger partial charge in [-0.1, -0.05) is 18.2 Å². The number of benzene rings is 1. The van der Waals surface area contributed by atoms with E-state index in [0.29, 0.717) is 17.9 Å². The van der Waals surface area contributed by atoms with Crippen molar-refractivity contribution in [2.45, 2.75) is 25.4 Å². The highest BCUT2D eigenvalue weighted by Crippen LogP contribution is 2.51. The summed E-state index contributed by atoms with van der Waals surface area (Å²) in [5.41, 5.74) is 7.34. The monoisotopic (exact) mass is 295 g/mol. The van der Waals surface area contributed by atoms with Crippen LogP contribution in [0.5, 0.6) is 0 Å². The fourth-order valence-corrected chi connectivity index (χ4v) is 3.56. The number of para-hydroxylation sites is 1. The van der Waals surface area contributed by atoms with Crippen LogP contribution < -0.4 is 5.73 Å². The lowest BCUT2D eigenvalue weighted by atomic mass is 10.1. The zero-order chi connectivity index (χ0) is 14.6. The fourth-order valence-electron chi connectivity index (χ4n) is 2.22. The number of hydrogen-bond donors (Lipinski definition) is 2. The minimum absolute atomic E-state index is 0.0969. The van der Waals surface area contributed by atoms with Crippen LogP contribution in [0, 0.1) is 5.41 Å². The number of ether oxygens (including phenoxy) is 1. The van der Waals surface area contributed by atoms with Crippen LogP contribution in [-0.2, 0) is 9.53 Å². The predicted molar refractivity (Wildman–Crippen MR) is 81.4 cm³/mol. The molecule has 1 aromatic rings. The number of anilines is 1. The Hall–Kier alpha value is -1.20. The van der Waals surface area contributed by atoms with Gasteiger partial charge in [0.1, 0.15) is 0 Å². The summed E-state index contributed by atoms with van der Waals surface area (Å²) in [6.45, 7) is 0. The molecule has 2 rings (SSSR count). The van der Waals surface area contributed by atoms with E-state index in [2.05, 4.69) is 0 Å². The molecule has 3 N–H and O–H groups in total. The van der Waals surface area contributed by atoms with Crippen molar-refractivity contribution in [1.29, 1.82) is 0 Å². The second-order valence-corrected chi connectivity index (χ2v) is 6.44. The van der Waals surface area contributed by atoms with E-state index in [1.54, 1.807) is 17.8 Å². The highest BCUT2D eigenvalue weighted by Gasteiger charge is 2.44. The second-order valence-electron chi connectivity index (χ2n) is 5.41. The van der Waals surface area contributed by atoms with Crippen molar-refractivity contribution in [3.63, 3.8) is 0 Å². The molecule has 0 amide bonds. The number of nitrogens with two attached hydrogens (primary N) is 1. The van der Waals surface area contributed by atoms with Crippen LogP contribution in [0.25, 0.3) is 0 Å². The van der Waals surface area contributed by atoms with Gasteiger partial charge in [-0.15, -0.1) is 0 Å². The van der Waals surface area contributed by atoms with Crippen molar-refractivity contribution in [3.05, 3.63) is 29.8 Å². The third-order valence-electron chi connectivity index (χ3n) is 3.74. The standard InChI is InChI=1S/C15H21NO3S/c1-19-14(18)8-15(6-7-15)10-20-9-13(17)11-4-2-3-5-12(11)16/h2-5,13,17H,6-10,16H2,1H3. The summed E-state index contributed by atoms with van der Waals surface area (Å²) in [5, 5.41) is 10.2. The first-order valence-corrected chi connectivity index (χ1v) is 7.89. The van der Waals surface area contributed by atoms with Crippen molar-refractivity contribution in [3.8, 4) is 0 Å². The zero-order valence-electron chi connectivity index (χ0n) is 11.7. The maximum Gasteiger partial charge on any atom is 0.306 e. The van der Waals surface area contributed by atoms with E-state index in [-0.39, 0.29) is 11.4 Å². The lowest BCUT2D eigenvalue weighted by Crippen LogP contribution is -2.14. The van der Waals surface area contributed by atoms with Crippen molar-refractivity contribution in [1.82, 2.24) is 0 Å². The number of nitrogen functional groups attached to an aromatic ring is 1. The fraction of sp³-hybridized carbons (Fsp3) is 0.533. The SMILES string of the molecule is COC(=O)CC1(CSCC(O)c2ccccc2N)CC1. The maximum atomic E-state index is 11.3. The Balaban J connectivity index is 1.79. The average Bonchev–Trinajstić information content (AvgIpc) is 3.18. The van der Waals surface area contributed by atoms with Gasteiger partial charge in [-0.05, 0) is 30.1 Å². The number of rotatable bonds is 7. The third-order valence-corrected chi connectivity index (χ3v) is 5.11. The van der Waals surface area contributed by atoms with Crippen LogP contribution >= 0.6 is 11.8 Å². The molecule has 0 spiro atoms. The number of aliphatic hydroxyl groups excluding tert-OH is 1. The summed E-state index contributed by atoms with van der Waals surface area (Å²) in [6.07, 6.45) is 2.06. The molecule has 1 atom stereocenters. The van der Waals surface area contributed by atoms with Crippen molar-refractivity contribution >= 4 is 23.4 Å². The van der Waals surface area contributed by atoms with Crippen molar-refractivity contribution in [2.75, 3.05) is 24.3 Å². The van der Waals surface area contributed by atoms with Crippen LogP contribution in [0.2, 0.25) is 0 Å². The van der Waals surface area contributed by atoms with Crippen LogP contribution in [-0.4, -0.2) is 29.7 Å². The smallest absolute Gasteiger partial charge is 0.306 e. The number of thioether (sulfide) groups is 1. The number of carbonyl (C=O) groups is 1. The van der Waals surface area contributed by atoms with E-state index in [0.717, 1.165) is 24.2 Å². The molecular formula is C15H21NO3S. The molecule has 0 aromatic heterocycles. The first-order valence-electron chi connectivity index (χ1n) is 6.73. The summed E-state index contributed by atoms with van der Waals surface area (Å²) in [5.74, 6) is 1.33. The number of carbonyl (C=O) groups excluding carboxylic acids is 1. The molecule has 4 nitrogen and oxygen atoms in total. The van der Waals surface area contributed by atoms with E-state index in [1.807, 2.05) is 18.2 Å². The predicted octanol–water partition coefficient (Wildman–Crippen LogP) is 2.38. The molecule has 1 fully saturated rings. The highest BCUT2D eigenvalue weighted by molar-refractivity contribution is 7.99. The van der Waals surface area contributed by atoms with E-state index in [4.69, 9.17) is 10.5 Å². The number of aliphatic hydroxyl groups is 1. The summed E-state index contributed by atoms with van der Waals surface area (Å²) < 4.78 is 4.72. The van der Waals surface area contributed by atoms with Crippen molar-refractivity contribution in [2.24, 2.45) is 5.41 Å². The molecule has 0 heterocycles. The summed E-state index contributed by atoms with van der Waals surface area (Å²) >= 11 is 1.67. The largest absolute Gasteiger partial charge is 0.469 e. The van der Waals surface area contributed by atoms with E-state index < -0.39 is 6.10 Å². The maximum absolute atomic E-state index is 11.3. The van der Waals surface area contributed by atoms with Gasteiger partial charge in [-0.25, -0.2) is 0 Å². The van der Waals surface area contributed by atoms with Gasteiger partial charge in [0.2, 0.25) is 0 Å². The zero-order valence-corrected chi connectivity index (χ0v) is 12.5. The molecule has 5 heteroatoms. The Labute approximate surface area is 123 Å². The normalized spacial score (nSPS) is 17.5. The quantitative estimate of drug-likeness (QED) is 0.597. The Bertz CT molecular complexity index is 474. The van der Waals surface area contributed by atoms with Crippen LogP contribution in [0.15, 0.2) is 24.3 Å². The van der Waals surface area contributed by atoms with Gasteiger partial charge in [0, 0.05) is 17.0 Å². The van der Waals surface area contributed by atoms with E-state index in [9.17, 15) is 9.90 Å². The Kier molecular flexibility index (Phi) is 4.94. The molecule has 1 unspecified atom stereocenters. The van der Waals surface area contributed by atoms with Gasteiger partial charge < -0.3 is 15.6 Å². The van der Waals surface area contributed by atoms with E-state index in [1.165, 1.54) is 7.11 Å². The van der Waals surface area contributed by atoms with Gasteiger partial charge in [0.05, 0.1) is 19.6 Å². The molecule has 0 bridgehead atoms. The minimum Gasteiger partial charge on any atom is -0.469 e. The minimum atomic E-state index is -0.560. The van der Waals surface area contributed by atoms with E-state index >= 15 is 0 Å². The topological polar surface area (TPSA) is 72.5 Å². The Morgan fingerprint density at radius 1 is 1.50 bits per heavy atom. The number of hydrogen-bond acceptors (Lipinski definition) is 5. The summed E-state index contributed by atoms with van der Waals surface area (Å²) in [4.78, 5) is 11.3.